The maximum atomic E-state index is 11.0. The molecule has 0 saturated heterocycles. The number of aliphatic hydroxyl groups excluding tert-OH is 1. The summed E-state index contributed by atoms with van der Waals surface area (Å²) in [5.74, 6) is -0.403. The molecule has 4 nitrogen and oxygen atoms in total. The zero-order valence-corrected chi connectivity index (χ0v) is 10.5. The Hall–Kier alpha value is -1.85. The van der Waals surface area contributed by atoms with Crippen molar-refractivity contribution >= 4 is 22.9 Å². The van der Waals surface area contributed by atoms with Crippen LogP contribution in [0.2, 0.25) is 0 Å². The van der Waals surface area contributed by atoms with Gasteiger partial charge < -0.3 is 16.2 Å². The predicted molar refractivity (Wildman–Crippen MR) is 72.5 cm³/mol. The van der Waals surface area contributed by atoms with Gasteiger partial charge in [-0.15, -0.1) is 11.3 Å². The molecule has 5 heteroatoms. The van der Waals surface area contributed by atoms with Gasteiger partial charge in [-0.25, -0.2) is 0 Å². The van der Waals surface area contributed by atoms with E-state index in [-0.39, 0.29) is 6.61 Å². The minimum Gasteiger partial charge on any atom is -0.392 e. The van der Waals surface area contributed by atoms with E-state index in [9.17, 15) is 4.79 Å². The van der Waals surface area contributed by atoms with Crippen LogP contribution in [0, 0.1) is 0 Å². The van der Waals surface area contributed by atoms with E-state index >= 15 is 0 Å². The minimum atomic E-state index is -0.403. The summed E-state index contributed by atoms with van der Waals surface area (Å²) < 4.78 is 0. The third-order valence-electron chi connectivity index (χ3n) is 2.51. The standard InChI is InChI=1S/C13H14N2O2S/c14-13(17)10-5-12(18-8-10)6-15-11-3-1-2-9(4-11)7-16/h1-5,8,15-16H,6-7H2,(H2,14,17). The molecular weight excluding hydrogens is 248 g/mol. The third-order valence-corrected chi connectivity index (χ3v) is 3.45. The zero-order valence-electron chi connectivity index (χ0n) is 9.72. The number of nitrogens with one attached hydrogen (secondary N) is 1. The van der Waals surface area contributed by atoms with Crippen molar-refractivity contribution in [3.63, 3.8) is 0 Å². The van der Waals surface area contributed by atoms with Gasteiger partial charge in [-0.1, -0.05) is 12.1 Å². The normalized spacial score (nSPS) is 10.3. The molecule has 2 aromatic rings. The smallest absolute Gasteiger partial charge is 0.249 e. The Morgan fingerprint density at radius 1 is 1.39 bits per heavy atom. The Kier molecular flexibility index (Phi) is 3.96. The number of hydrogen-bond donors (Lipinski definition) is 3. The number of thiophene rings is 1. The van der Waals surface area contributed by atoms with Crippen LogP contribution in [0.1, 0.15) is 20.8 Å². The molecule has 0 bridgehead atoms. The van der Waals surface area contributed by atoms with E-state index in [1.807, 2.05) is 24.3 Å². The second-order valence-electron chi connectivity index (χ2n) is 3.88. The summed E-state index contributed by atoms with van der Waals surface area (Å²) in [6.45, 7) is 0.660. The topological polar surface area (TPSA) is 75.4 Å². The van der Waals surface area contributed by atoms with Crippen molar-refractivity contribution in [2.45, 2.75) is 13.2 Å². The van der Waals surface area contributed by atoms with Gasteiger partial charge in [0.1, 0.15) is 0 Å². The Morgan fingerprint density at radius 2 is 2.22 bits per heavy atom. The van der Waals surface area contributed by atoms with E-state index in [1.165, 1.54) is 11.3 Å². The average molecular weight is 262 g/mol. The first-order valence-corrected chi connectivity index (χ1v) is 6.38. The van der Waals surface area contributed by atoms with Crippen molar-refractivity contribution in [2.24, 2.45) is 5.73 Å². The highest BCUT2D eigenvalue weighted by atomic mass is 32.1. The molecule has 1 aromatic heterocycles. The second-order valence-corrected chi connectivity index (χ2v) is 4.87. The quantitative estimate of drug-likeness (QED) is 0.771. The number of nitrogens with two attached hydrogens (primary N) is 1. The van der Waals surface area contributed by atoms with Gasteiger partial charge in [0.05, 0.1) is 12.2 Å². The van der Waals surface area contributed by atoms with Gasteiger partial charge in [0.2, 0.25) is 5.91 Å². The van der Waals surface area contributed by atoms with Crippen molar-refractivity contribution in [3.8, 4) is 0 Å². The number of aliphatic hydroxyl groups is 1. The molecule has 18 heavy (non-hydrogen) atoms. The highest BCUT2D eigenvalue weighted by Crippen LogP contribution is 2.17. The van der Waals surface area contributed by atoms with E-state index in [0.29, 0.717) is 12.1 Å². The number of hydrogen-bond acceptors (Lipinski definition) is 4. The number of amides is 1. The molecule has 1 heterocycles. The zero-order chi connectivity index (χ0) is 13.0. The van der Waals surface area contributed by atoms with Gasteiger partial charge >= 0.3 is 0 Å². The van der Waals surface area contributed by atoms with Crippen molar-refractivity contribution in [1.82, 2.24) is 0 Å². The molecule has 0 aliphatic carbocycles. The van der Waals surface area contributed by atoms with Gasteiger partial charge in [-0.2, -0.15) is 0 Å². The molecule has 2 rings (SSSR count). The summed E-state index contributed by atoms with van der Waals surface area (Å²) >= 11 is 1.49. The maximum Gasteiger partial charge on any atom is 0.249 e. The largest absolute Gasteiger partial charge is 0.392 e. The van der Waals surface area contributed by atoms with Crippen LogP contribution in [0.25, 0.3) is 0 Å². The molecule has 0 fully saturated rings. The molecule has 0 atom stereocenters. The summed E-state index contributed by atoms with van der Waals surface area (Å²) in [6, 6.07) is 9.36. The molecule has 0 spiro atoms. The van der Waals surface area contributed by atoms with E-state index in [1.54, 1.807) is 11.4 Å². The fourth-order valence-electron chi connectivity index (χ4n) is 1.57. The Bertz CT molecular complexity index is 551. The van der Waals surface area contributed by atoms with Crippen LogP contribution in [0.3, 0.4) is 0 Å². The molecule has 0 saturated carbocycles. The van der Waals surface area contributed by atoms with Gasteiger partial charge in [0, 0.05) is 22.5 Å². The maximum absolute atomic E-state index is 11.0. The summed E-state index contributed by atoms with van der Waals surface area (Å²) in [7, 11) is 0. The molecule has 94 valence electrons. The Balaban J connectivity index is 1.99. The fraction of sp³-hybridized carbons (Fsp3) is 0.154. The summed E-state index contributed by atoms with van der Waals surface area (Å²) in [5.41, 5.74) is 7.54. The van der Waals surface area contributed by atoms with E-state index in [2.05, 4.69) is 5.32 Å². The van der Waals surface area contributed by atoms with E-state index < -0.39 is 5.91 Å². The lowest BCUT2D eigenvalue weighted by atomic mass is 10.2. The predicted octanol–water partition coefficient (Wildman–Crippen LogP) is 1.95. The summed E-state index contributed by atoms with van der Waals surface area (Å²) in [5, 5.41) is 14.0. The SMILES string of the molecule is NC(=O)c1csc(CNc2cccc(CO)c2)c1. The van der Waals surface area contributed by atoms with Crippen LogP contribution < -0.4 is 11.1 Å². The van der Waals surface area contributed by atoms with Crippen LogP contribution in [0.15, 0.2) is 35.7 Å². The van der Waals surface area contributed by atoms with Crippen LogP contribution >= 0.6 is 11.3 Å². The van der Waals surface area contributed by atoms with Gasteiger partial charge in [0.25, 0.3) is 0 Å². The first-order chi connectivity index (χ1) is 8.69. The molecule has 1 amide bonds. The van der Waals surface area contributed by atoms with Crippen molar-refractivity contribution in [3.05, 3.63) is 51.7 Å². The highest BCUT2D eigenvalue weighted by Gasteiger charge is 2.04. The van der Waals surface area contributed by atoms with Crippen LogP contribution in [-0.4, -0.2) is 11.0 Å². The number of rotatable bonds is 5. The molecular formula is C13H14N2O2S. The highest BCUT2D eigenvalue weighted by molar-refractivity contribution is 7.10. The summed E-state index contributed by atoms with van der Waals surface area (Å²) in [4.78, 5) is 12.0. The molecule has 0 unspecified atom stereocenters. The average Bonchev–Trinajstić information content (AvgIpc) is 2.85. The lowest BCUT2D eigenvalue weighted by molar-refractivity contribution is 0.100. The lowest BCUT2D eigenvalue weighted by Gasteiger charge is -2.06. The van der Waals surface area contributed by atoms with Crippen LogP contribution in [0.4, 0.5) is 5.69 Å². The summed E-state index contributed by atoms with van der Waals surface area (Å²) in [6.07, 6.45) is 0. The van der Waals surface area contributed by atoms with Gasteiger partial charge in [0.15, 0.2) is 0 Å². The molecule has 0 aliphatic heterocycles. The number of primary amides is 1. The third kappa shape index (κ3) is 3.09. The van der Waals surface area contributed by atoms with E-state index in [4.69, 9.17) is 10.8 Å². The number of benzene rings is 1. The number of anilines is 1. The Morgan fingerprint density at radius 3 is 2.89 bits per heavy atom. The lowest BCUT2D eigenvalue weighted by Crippen LogP contribution is -2.09. The molecule has 4 N–H and O–H groups in total. The number of carbonyl (C=O) groups is 1. The van der Waals surface area contributed by atoms with Gasteiger partial charge in [-0.05, 0) is 23.8 Å². The Labute approximate surface area is 109 Å². The van der Waals surface area contributed by atoms with Crippen LogP contribution in [0.5, 0.6) is 0 Å². The minimum absolute atomic E-state index is 0.0281. The van der Waals surface area contributed by atoms with Crippen molar-refractivity contribution in [2.75, 3.05) is 5.32 Å². The first kappa shape index (κ1) is 12.6. The van der Waals surface area contributed by atoms with Crippen molar-refractivity contribution < 1.29 is 9.90 Å². The molecule has 1 aromatic carbocycles. The monoisotopic (exact) mass is 262 g/mol. The van der Waals surface area contributed by atoms with E-state index in [0.717, 1.165) is 16.1 Å². The molecule has 0 aliphatic rings. The second kappa shape index (κ2) is 5.66. The number of carbonyl (C=O) groups excluding carboxylic acids is 1. The first-order valence-electron chi connectivity index (χ1n) is 5.50. The van der Waals surface area contributed by atoms with Crippen molar-refractivity contribution in [1.29, 1.82) is 0 Å². The van der Waals surface area contributed by atoms with Gasteiger partial charge in [-0.3, -0.25) is 4.79 Å². The fourth-order valence-corrected chi connectivity index (χ4v) is 2.38. The van der Waals surface area contributed by atoms with Crippen LogP contribution in [-0.2, 0) is 13.2 Å². The molecule has 0 radical (unpaired) electrons.